The van der Waals surface area contributed by atoms with Crippen molar-refractivity contribution in [1.29, 1.82) is 0 Å². The number of nitrogens with zero attached hydrogens (tertiary/aromatic N) is 1. The summed E-state index contributed by atoms with van der Waals surface area (Å²) in [4.78, 5) is 2.59. The minimum Gasteiger partial charge on any atom is -0.310 e. The van der Waals surface area contributed by atoms with Crippen LogP contribution in [-0.4, -0.2) is 0 Å². The highest BCUT2D eigenvalue weighted by Crippen LogP contribution is 2.64. The van der Waals surface area contributed by atoms with E-state index in [9.17, 15) is 0 Å². The van der Waals surface area contributed by atoms with Gasteiger partial charge in [0.2, 0.25) is 0 Å². The van der Waals surface area contributed by atoms with Crippen molar-refractivity contribution in [1.82, 2.24) is 0 Å². The first-order chi connectivity index (χ1) is 35.7. The summed E-state index contributed by atoms with van der Waals surface area (Å²) in [5, 5.41) is 9.93. The predicted octanol–water partition coefficient (Wildman–Crippen LogP) is 19.1. The first-order valence-corrected chi connectivity index (χ1v) is 25.1. The van der Waals surface area contributed by atoms with Gasteiger partial charge in [0, 0.05) is 16.9 Å². The van der Waals surface area contributed by atoms with Crippen LogP contribution >= 0.6 is 0 Å². The van der Waals surface area contributed by atoms with Gasteiger partial charge in [-0.05, 0) is 158 Å². The zero-order chi connectivity index (χ0) is 47.3. The predicted molar refractivity (Wildman–Crippen MR) is 304 cm³/mol. The maximum Gasteiger partial charge on any atom is 0.0726 e. The lowest BCUT2D eigenvalue weighted by molar-refractivity contribution is 0.794. The molecule has 0 unspecified atom stereocenters. The van der Waals surface area contributed by atoms with Crippen molar-refractivity contribution >= 4 is 60.2 Å². The van der Waals surface area contributed by atoms with Gasteiger partial charge in [0.25, 0.3) is 0 Å². The molecule has 0 heterocycles. The van der Waals surface area contributed by atoms with Gasteiger partial charge in [-0.15, -0.1) is 0 Å². The second-order valence-electron chi connectivity index (χ2n) is 19.5. The van der Waals surface area contributed by atoms with E-state index in [1.54, 1.807) is 0 Å². The van der Waals surface area contributed by atoms with E-state index in [-0.39, 0.29) is 0 Å². The van der Waals surface area contributed by atoms with Gasteiger partial charge in [-0.2, -0.15) is 0 Å². The topological polar surface area (TPSA) is 3.24 Å². The van der Waals surface area contributed by atoms with E-state index >= 15 is 0 Å². The molecule has 15 rings (SSSR count). The third kappa shape index (κ3) is 5.89. The van der Waals surface area contributed by atoms with Crippen molar-refractivity contribution in [3.8, 4) is 55.6 Å². The van der Waals surface area contributed by atoms with Crippen molar-refractivity contribution in [2.24, 2.45) is 0 Å². The van der Waals surface area contributed by atoms with Crippen molar-refractivity contribution in [3.63, 3.8) is 0 Å². The van der Waals surface area contributed by atoms with Gasteiger partial charge >= 0.3 is 0 Å². The quantitative estimate of drug-likeness (QED) is 0.150. The molecule has 2 aliphatic rings. The lowest BCUT2D eigenvalue weighted by Crippen LogP contribution is -2.26. The highest BCUT2D eigenvalue weighted by Gasteiger charge is 2.52. The monoisotopic (exact) mass is 911 g/mol. The van der Waals surface area contributed by atoms with Crippen LogP contribution in [0.15, 0.2) is 273 Å². The Balaban J connectivity index is 1.12. The largest absolute Gasteiger partial charge is 0.310 e. The van der Waals surface area contributed by atoms with Crippen LogP contribution in [0, 0.1) is 0 Å². The van der Waals surface area contributed by atoms with Gasteiger partial charge in [0.05, 0.1) is 11.1 Å². The fraction of sp³-hybridized carbons (Fsp3) is 0.0141. The summed E-state index contributed by atoms with van der Waals surface area (Å²) in [6.07, 6.45) is 0. The molecule has 2 aliphatic carbocycles. The molecular formula is C71H45N. The Bertz CT molecular complexity index is 4190. The summed E-state index contributed by atoms with van der Waals surface area (Å²) in [5.74, 6) is 0. The molecule has 0 fully saturated rings. The maximum absolute atomic E-state index is 2.59. The summed E-state index contributed by atoms with van der Waals surface area (Å²) in [6.45, 7) is 0. The lowest BCUT2D eigenvalue weighted by atomic mass is 9.70. The van der Waals surface area contributed by atoms with E-state index in [0.29, 0.717) is 0 Å². The summed E-state index contributed by atoms with van der Waals surface area (Å²) in [5.41, 5.74) is 20.2. The lowest BCUT2D eigenvalue weighted by Gasteiger charge is -2.34. The SMILES string of the molecule is c1ccc(-c2cc(-c3ccccc3)cc(N(c3ccc4c5ccccc5c5ccccc5c4c3)c3cc4c(cc3-c3cccc5ccccc35)-c3ccccc3C43c4ccccc4-c4ccccc43)c2)cc1. The van der Waals surface area contributed by atoms with Crippen molar-refractivity contribution in [2.45, 2.75) is 5.41 Å². The highest BCUT2D eigenvalue weighted by atomic mass is 15.1. The van der Waals surface area contributed by atoms with Crippen LogP contribution in [0.4, 0.5) is 17.1 Å². The van der Waals surface area contributed by atoms with Crippen LogP contribution in [0.2, 0.25) is 0 Å². The number of hydrogen-bond acceptors (Lipinski definition) is 1. The number of hydrogen-bond donors (Lipinski definition) is 0. The molecule has 1 spiro atoms. The molecule has 334 valence electrons. The third-order valence-corrected chi connectivity index (χ3v) is 15.8. The molecule has 0 atom stereocenters. The fourth-order valence-electron chi connectivity index (χ4n) is 12.8. The first kappa shape index (κ1) is 40.6. The second-order valence-corrected chi connectivity index (χ2v) is 19.5. The molecule has 0 aliphatic heterocycles. The van der Waals surface area contributed by atoms with Gasteiger partial charge in [-0.3, -0.25) is 0 Å². The standard InChI is InChI=1S/C71H45N/c1-3-20-46(21-4-1)49-40-50(47-22-5-2-6-23-47)42-52(41-49)72(51-38-39-59-57-29-10-9-27-55(57)56-28-11-12-30-58(56)63(59)43-51)70-45-69-64(44-65(70)54-34-19-25-48-24-7-8-26-53(48)54)62-33-15-18-37-68(62)71(69)66-35-16-13-31-60(66)61-32-14-17-36-67(61)71/h1-45H. The number of benzene rings is 13. The molecule has 0 saturated heterocycles. The first-order valence-electron chi connectivity index (χ1n) is 25.1. The van der Waals surface area contributed by atoms with Crippen LogP contribution in [0.5, 0.6) is 0 Å². The van der Waals surface area contributed by atoms with Crippen molar-refractivity contribution in [3.05, 3.63) is 295 Å². The van der Waals surface area contributed by atoms with E-state index in [1.807, 2.05) is 0 Å². The van der Waals surface area contributed by atoms with Gasteiger partial charge in [-0.25, -0.2) is 0 Å². The van der Waals surface area contributed by atoms with E-state index in [0.717, 1.165) is 28.2 Å². The van der Waals surface area contributed by atoms with Crippen LogP contribution in [0.25, 0.3) is 98.7 Å². The van der Waals surface area contributed by atoms with Crippen LogP contribution in [0.1, 0.15) is 22.3 Å². The van der Waals surface area contributed by atoms with Crippen molar-refractivity contribution < 1.29 is 0 Å². The maximum atomic E-state index is 2.59. The summed E-state index contributed by atoms with van der Waals surface area (Å²) < 4.78 is 0. The molecular weight excluding hydrogens is 867 g/mol. The summed E-state index contributed by atoms with van der Waals surface area (Å²) in [6, 6.07) is 102. The molecule has 0 saturated carbocycles. The molecule has 0 radical (unpaired) electrons. The van der Waals surface area contributed by atoms with E-state index in [4.69, 9.17) is 0 Å². The Morgan fingerprint density at radius 1 is 0.222 bits per heavy atom. The van der Waals surface area contributed by atoms with Crippen LogP contribution in [-0.2, 0) is 5.41 Å². The zero-order valence-corrected chi connectivity index (χ0v) is 39.4. The minimum absolute atomic E-state index is 0.545. The van der Waals surface area contributed by atoms with Gasteiger partial charge in [-0.1, -0.05) is 231 Å². The summed E-state index contributed by atoms with van der Waals surface area (Å²) >= 11 is 0. The van der Waals surface area contributed by atoms with E-state index in [1.165, 1.54) is 110 Å². The molecule has 0 bridgehead atoms. The average molecular weight is 912 g/mol. The molecule has 0 amide bonds. The number of fused-ring (bicyclic) bond motifs is 17. The third-order valence-electron chi connectivity index (χ3n) is 15.8. The fourth-order valence-corrected chi connectivity index (χ4v) is 12.8. The van der Waals surface area contributed by atoms with E-state index in [2.05, 4.69) is 278 Å². The smallest absolute Gasteiger partial charge is 0.0726 e. The Hall–Kier alpha value is -9.30. The highest BCUT2D eigenvalue weighted by molar-refractivity contribution is 6.26. The van der Waals surface area contributed by atoms with Crippen LogP contribution in [0.3, 0.4) is 0 Å². The van der Waals surface area contributed by atoms with E-state index < -0.39 is 5.41 Å². The zero-order valence-electron chi connectivity index (χ0n) is 39.4. The molecule has 1 nitrogen and oxygen atoms in total. The van der Waals surface area contributed by atoms with Gasteiger partial charge in [0.15, 0.2) is 0 Å². The van der Waals surface area contributed by atoms with Gasteiger partial charge < -0.3 is 4.90 Å². The molecule has 13 aromatic rings. The Kier molecular flexibility index (Phi) is 8.94. The molecule has 72 heavy (non-hydrogen) atoms. The Labute approximate surface area is 419 Å². The Morgan fingerprint density at radius 3 is 1.25 bits per heavy atom. The molecule has 1 heteroatoms. The van der Waals surface area contributed by atoms with Crippen molar-refractivity contribution in [2.75, 3.05) is 4.90 Å². The normalized spacial score (nSPS) is 12.8. The molecule has 13 aromatic carbocycles. The minimum atomic E-state index is -0.545. The second kappa shape index (κ2) is 15.9. The van der Waals surface area contributed by atoms with Gasteiger partial charge in [0.1, 0.15) is 0 Å². The number of anilines is 3. The molecule has 0 N–H and O–H groups in total. The molecule has 0 aromatic heterocycles. The average Bonchev–Trinajstić information content (AvgIpc) is 3.93. The van der Waals surface area contributed by atoms with Crippen LogP contribution < -0.4 is 4.90 Å². The Morgan fingerprint density at radius 2 is 0.667 bits per heavy atom. The number of rotatable bonds is 6. The summed E-state index contributed by atoms with van der Waals surface area (Å²) in [7, 11) is 0.